The molecule has 0 radical (unpaired) electrons. The summed E-state index contributed by atoms with van der Waals surface area (Å²) in [5.41, 5.74) is 4.99. The zero-order valence-corrected chi connectivity index (χ0v) is 13.7. The SMILES string of the molecule is Cc1[nH]n(-c2ccc(Cl)cc2)c(=O)c1/C=C1/C=Nc2ccccc21. The lowest BCUT2D eigenvalue weighted by Gasteiger charge is -2.00. The van der Waals surface area contributed by atoms with E-state index in [4.69, 9.17) is 11.6 Å². The van der Waals surface area contributed by atoms with E-state index in [2.05, 4.69) is 10.1 Å². The first-order chi connectivity index (χ1) is 11.6. The van der Waals surface area contributed by atoms with Crippen molar-refractivity contribution in [2.45, 2.75) is 6.92 Å². The number of nitrogens with zero attached hydrogens (tertiary/aromatic N) is 2. The number of benzene rings is 2. The van der Waals surface area contributed by atoms with E-state index in [0.29, 0.717) is 10.6 Å². The molecule has 1 aliphatic heterocycles. The molecular formula is C19H14ClN3O. The van der Waals surface area contributed by atoms with Gasteiger partial charge in [-0.25, -0.2) is 4.68 Å². The van der Waals surface area contributed by atoms with Crippen LogP contribution in [0.1, 0.15) is 16.8 Å². The van der Waals surface area contributed by atoms with Crippen molar-refractivity contribution in [3.05, 3.63) is 80.7 Å². The Hall–Kier alpha value is -2.85. The van der Waals surface area contributed by atoms with Crippen LogP contribution in [0, 0.1) is 6.92 Å². The van der Waals surface area contributed by atoms with Gasteiger partial charge in [0.05, 0.1) is 16.9 Å². The second-order valence-corrected chi connectivity index (χ2v) is 6.08. The Balaban J connectivity index is 1.81. The van der Waals surface area contributed by atoms with E-state index in [1.54, 1.807) is 18.3 Å². The Morgan fingerprint density at radius 3 is 2.67 bits per heavy atom. The highest BCUT2D eigenvalue weighted by Gasteiger charge is 2.15. The highest BCUT2D eigenvalue weighted by atomic mass is 35.5. The average Bonchev–Trinajstić information content (AvgIpc) is 3.12. The van der Waals surface area contributed by atoms with Gasteiger partial charge in [-0.3, -0.25) is 14.9 Å². The van der Waals surface area contributed by atoms with Crippen LogP contribution < -0.4 is 5.56 Å². The minimum absolute atomic E-state index is 0.0971. The molecular weight excluding hydrogens is 322 g/mol. The molecule has 3 aromatic rings. The standard InChI is InChI=1S/C19H14ClN3O/c1-12-17(10-13-11-21-18-5-3-2-4-16(13)18)19(24)23(22-12)15-8-6-14(20)7-9-15/h2-11,22H,1H3/b13-10-. The predicted octanol–water partition coefficient (Wildman–Crippen LogP) is 4.38. The van der Waals surface area contributed by atoms with Crippen molar-refractivity contribution < 1.29 is 0 Å². The van der Waals surface area contributed by atoms with Gasteiger partial charge in [-0.2, -0.15) is 0 Å². The van der Waals surface area contributed by atoms with Crippen LogP contribution in [0.2, 0.25) is 5.02 Å². The van der Waals surface area contributed by atoms with E-state index in [0.717, 1.165) is 28.2 Å². The average molecular weight is 336 g/mol. The number of aromatic amines is 1. The van der Waals surface area contributed by atoms with E-state index in [9.17, 15) is 4.79 Å². The van der Waals surface area contributed by atoms with Gasteiger partial charge < -0.3 is 0 Å². The van der Waals surface area contributed by atoms with Gasteiger partial charge in [-0.05, 0) is 43.3 Å². The number of H-pyrrole nitrogens is 1. The molecule has 0 atom stereocenters. The van der Waals surface area contributed by atoms with Crippen LogP contribution in [0.5, 0.6) is 0 Å². The largest absolute Gasteiger partial charge is 0.295 e. The van der Waals surface area contributed by atoms with Crippen molar-refractivity contribution in [3.63, 3.8) is 0 Å². The fourth-order valence-electron chi connectivity index (χ4n) is 2.81. The second kappa shape index (κ2) is 5.65. The molecule has 5 heteroatoms. The van der Waals surface area contributed by atoms with Crippen molar-refractivity contribution >= 4 is 35.2 Å². The molecule has 2 heterocycles. The lowest BCUT2D eigenvalue weighted by Crippen LogP contribution is -2.15. The molecule has 1 aliphatic rings. The highest BCUT2D eigenvalue weighted by molar-refractivity contribution is 6.30. The third-order valence-corrected chi connectivity index (χ3v) is 4.31. The number of rotatable bonds is 2. The summed E-state index contributed by atoms with van der Waals surface area (Å²) in [6, 6.07) is 15.0. The first kappa shape index (κ1) is 14.7. The summed E-state index contributed by atoms with van der Waals surface area (Å²) in [4.78, 5) is 17.2. The Morgan fingerprint density at radius 1 is 1.12 bits per heavy atom. The highest BCUT2D eigenvalue weighted by Crippen LogP contribution is 2.32. The molecule has 4 rings (SSSR count). The topological polar surface area (TPSA) is 50.1 Å². The van der Waals surface area contributed by atoms with Gasteiger partial charge in [-0.1, -0.05) is 29.8 Å². The molecule has 1 N–H and O–H groups in total. The monoisotopic (exact) mass is 335 g/mol. The van der Waals surface area contributed by atoms with Crippen molar-refractivity contribution in [1.82, 2.24) is 9.78 Å². The second-order valence-electron chi connectivity index (χ2n) is 5.64. The summed E-state index contributed by atoms with van der Waals surface area (Å²) in [5.74, 6) is 0. The third kappa shape index (κ3) is 2.41. The molecule has 0 aliphatic carbocycles. The van der Waals surface area contributed by atoms with Crippen LogP contribution in [0.4, 0.5) is 5.69 Å². The molecule has 4 nitrogen and oxygen atoms in total. The molecule has 2 aromatic carbocycles. The van der Waals surface area contributed by atoms with Crippen LogP contribution in [0.3, 0.4) is 0 Å². The number of halogens is 1. The maximum atomic E-state index is 12.8. The summed E-state index contributed by atoms with van der Waals surface area (Å²) in [7, 11) is 0. The lowest BCUT2D eigenvalue weighted by molar-refractivity contribution is 0.835. The number of aliphatic imine (C=N–C) groups is 1. The number of para-hydroxylation sites is 1. The van der Waals surface area contributed by atoms with E-state index in [-0.39, 0.29) is 5.56 Å². The molecule has 0 unspecified atom stereocenters. The van der Waals surface area contributed by atoms with Crippen LogP contribution in [0.25, 0.3) is 17.3 Å². The van der Waals surface area contributed by atoms with Gasteiger partial charge in [-0.15, -0.1) is 0 Å². The Morgan fingerprint density at radius 2 is 1.88 bits per heavy atom. The summed E-state index contributed by atoms with van der Waals surface area (Å²) in [6.07, 6.45) is 3.68. The van der Waals surface area contributed by atoms with Crippen molar-refractivity contribution in [1.29, 1.82) is 0 Å². The minimum Gasteiger partial charge on any atom is -0.295 e. The van der Waals surface area contributed by atoms with Crippen LogP contribution >= 0.6 is 11.6 Å². The lowest BCUT2D eigenvalue weighted by atomic mass is 10.0. The van der Waals surface area contributed by atoms with Gasteiger partial charge in [0.25, 0.3) is 5.56 Å². The first-order valence-corrected chi connectivity index (χ1v) is 7.94. The van der Waals surface area contributed by atoms with Crippen molar-refractivity contribution in [2.24, 2.45) is 4.99 Å². The Kier molecular flexibility index (Phi) is 3.47. The van der Waals surface area contributed by atoms with Crippen LogP contribution in [0.15, 0.2) is 58.3 Å². The van der Waals surface area contributed by atoms with Gasteiger partial charge in [0.2, 0.25) is 0 Å². The fourth-order valence-corrected chi connectivity index (χ4v) is 2.94. The molecule has 118 valence electrons. The van der Waals surface area contributed by atoms with Gasteiger partial charge >= 0.3 is 0 Å². The number of hydrogen-bond donors (Lipinski definition) is 1. The fraction of sp³-hybridized carbons (Fsp3) is 0.0526. The van der Waals surface area contributed by atoms with Crippen molar-refractivity contribution in [2.75, 3.05) is 0 Å². The number of aromatic nitrogens is 2. The number of nitrogens with one attached hydrogen (secondary N) is 1. The minimum atomic E-state index is -0.0971. The number of aryl methyl sites for hydroxylation is 1. The molecule has 24 heavy (non-hydrogen) atoms. The molecule has 0 saturated heterocycles. The predicted molar refractivity (Wildman–Crippen MR) is 98.6 cm³/mol. The third-order valence-electron chi connectivity index (χ3n) is 4.06. The van der Waals surface area contributed by atoms with Crippen LogP contribution in [-0.4, -0.2) is 16.0 Å². The van der Waals surface area contributed by atoms with E-state index in [1.807, 2.05) is 49.4 Å². The first-order valence-electron chi connectivity index (χ1n) is 7.56. The van der Waals surface area contributed by atoms with E-state index >= 15 is 0 Å². The van der Waals surface area contributed by atoms with Gasteiger partial charge in [0.1, 0.15) is 0 Å². The maximum absolute atomic E-state index is 12.8. The van der Waals surface area contributed by atoms with Crippen molar-refractivity contribution in [3.8, 4) is 5.69 Å². The number of hydrogen-bond acceptors (Lipinski definition) is 2. The molecule has 1 aromatic heterocycles. The molecule has 0 bridgehead atoms. The zero-order valence-electron chi connectivity index (χ0n) is 13.0. The van der Waals surface area contributed by atoms with E-state index < -0.39 is 0 Å². The van der Waals surface area contributed by atoms with Crippen LogP contribution in [-0.2, 0) is 0 Å². The smallest absolute Gasteiger partial charge is 0.278 e. The molecule has 0 amide bonds. The van der Waals surface area contributed by atoms with E-state index in [1.165, 1.54) is 4.68 Å². The van der Waals surface area contributed by atoms with Gasteiger partial charge in [0.15, 0.2) is 0 Å². The molecule has 0 spiro atoms. The maximum Gasteiger partial charge on any atom is 0.278 e. The number of allylic oxidation sites excluding steroid dienone is 1. The summed E-state index contributed by atoms with van der Waals surface area (Å²) in [5, 5.41) is 3.75. The summed E-state index contributed by atoms with van der Waals surface area (Å²) >= 11 is 5.92. The molecule has 0 fully saturated rings. The Bertz CT molecular complexity index is 1040. The number of fused-ring (bicyclic) bond motifs is 1. The van der Waals surface area contributed by atoms with Gasteiger partial charge in [0, 0.05) is 28.1 Å². The quantitative estimate of drug-likeness (QED) is 0.742. The molecule has 0 saturated carbocycles. The summed E-state index contributed by atoms with van der Waals surface area (Å²) < 4.78 is 1.52. The zero-order chi connectivity index (χ0) is 16.7. The Labute approximate surface area is 143 Å². The normalized spacial score (nSPS) is 14.3. The summed E-state index contributed by atoms with van der Waals surface area (Å²) in [6.45, 7) is 1.89.